The lowest BCUT2D eigenvalue weighted by atomic mass is 9.98. The second kappa shape index (κ2) is 5.11. The minimum absolute atomic E-state index is 0.151. The molecule has 1 aromatic rings. The highest BCUT2D eigenvalue weighted by Crippen LogP contribution is 2.23. The molecule has 0 aliphatic carbocycles. The van der Waals surface area contributed by atoms with Crippen molar-refractivity contribution in [2.24, 2.45) is 5.73 Å². The van der Waals surface area contributed by atoms with Crippen LogP contribution in [0, 0.1) is 20.8 Å². The molecule has 2 rings (SSSR count). The monoisotopic (exact) mass is 246 g/mol. The van der Waals surface area contributed by atoms with E-state index in [1.165, 1.54) is 5.56 Å². The maximum atomic E-state index is 12.6. The first-order chi connectivity index (χ1) is 8.54. The summed E-state index contributed by atoms with van der Waals surface area (Å²) in [6.45, 7) is 7.50. The lowest BCUT2D eigenvalue weighted by Gasteiger charge is -2.25. The molecule has 3 nitrogen and oxygen atoms in total. The van der Waals surface area contributed by atoms with Gasteiger partial charge in [-0.25, -0.2) is 0 Å². The van der Waals surface area contributed by atoms with Crippen molar-refractivity contribution in [1.82, 2.24) is 4.90 Å². The van der Waals surface area contributed by atoms with E-state index in [4.69, 9.17) is 5.73 Å². The van der Waals surface area contributed by atoms with Gasteiger partial charge in [-0.2, -0.15) is 0 Å². The van der Waals surface area contributed by atoms with Crippen LogP contribution in [-0.4, -0.2) is 29.9 Å². The molecular weight excluding hydrogens is 224 g/mol. The summed E-state index contributed by atoms with van der Waals surface area (Å²) in [5.74, 6) is 0.151. The molecule has 1 fully saturated rings. The van der Waals surface area contributed by atoms with Gasteiger partial charge in [0.2, 0.25) is 0 Å². The highest BCUT2D eigenvalue weighted by molar-refractivity contribution is 5.97. The van der Waals surface area contributed by atoms with E-state index in [9.17, 15) is 4.79 Å². The largest absolute Gasteiger partial charge is 0.334 e. The van der Waals surface area contributed by atoms with Gasteiger partial charge in [-0.1, -0.05) is 17.7 Å². The maximum Gasteiger partial charge on any atom is 0.254 e. The molecule has 0 radical (unpaired) electrons. The fourth-order valence-corrected chi connectivity index (χ4v) is 3.01. The topological polar surface area (TPSA) is 46.3 Å². The normalized spacial score (nSPS) is 19.3. The summed E-state index contributed by atoms with van der Waals surface area (Å²) in [4.78, 5) is 14.6. The third-order valence-electron chi connectivity index (χ3n) is 3.80. The molecule has 0 aromatic heterocycles. The number of nitrogens with zero attached hydrogens (tertiary/aromatic N) is 1. The average Bonchev–Trinajstić information content (AvgIpc) is 2.75. The Hall–Kier alpha value is -1.35. The number of hydrogen-bond acceptors (Lipinski definition) is 2. The number of hydrogen-bond donors (Lipinski definition) is 1. The zero-order chi connectivity index (χ0) is 13.3. The predicted molar refractivity (Wildman–Crippen MR) is 73.8 cm³/mol. The quantitative estimate of drug-likeness (QED) is 0.869. The summed E-state index contributed by atoms with van der Waals surface area (Å²) in [5.41, 5.74) is 9.95. The fourth-order valence-electron chi connectivity index (χ4n) is 3.01. The van der Waals surface area contributed by atoms with Crippen LogP contribution in [0.4, 0.5) is 0 Å². The molecule has 98 valence electrons. The van der Waals surface area contributed by atoms with Crippen LogP contribution in [0.3, 0.4) is 0 Å². The Bertz CT molecular complexity index is 445. The highest BCUT2D eigenvalue weighted by Gasteiger charge is 2.29. The second-order valence-corrected chi connectivity index (χ2v) is 5.30. The van der Waals surface area contributed by atoms with E-state index < -0.39 is 0 Å². The number of amides is 1. The number of rotatable bonds is 2. The SMILES string of the molecule is Cc1cc(C)c(C(=O)N2CCCC2CN)c(C)c1. The molecule has 0 bridgehead atoms. The lowest BCUT2D eigenvalue weighted by Crippen LogP contribution is -2.40. The second-order valence-electron chi connectivity index (χ2n) is 5.30. The molecular formula is C15H22N2O. The Kier molecular flexibility index (Phi) is 3.71. The molecule has 1 aromatic carbocycles. The van der Waals surface area contributed by atoms with Gasteiger partial charge in [0.1, 0.15) is 0 Å². The molecule has 1 heterocycles. The van der Waals surface area contributed by atoms with Crippen molar-refractivity contribution in [2.45, 2.75) is 39.7 Å². The van der Waals surface area contributed by atoms with Crippen molar-refractivity contribution in [2.75, 3.05) is 13.1 Å². The van der Waals surface area contributed by atoms with Gasteiger partial charge in [-0.05, 0) is 44.7 Å². The Morgan fingerprint density at radius 3 is 2.50 bits per heavy atom. The van der Waals surface area contributed by atoms with Gasteiger partial charge >= 0.3 is 0 Å². The van der Waals surface area contributed by atoms with Crippen molar-refractivity contribution in [3.05, 3.63) is 34.4 Å². The maximum absolute atomic E-state index is 12.6. The summed E-state index contributed by atoms with van der Waals surface area (Å²) in [5, 5.41) is 0. The zero-order valence-electron chi connectivity index (χ0n) is 11.5. The van der Waals surface area contributed by atoms with Gasteiger partial charge in [0, 0.05) is 24.7 Å². The van der Waals surface area contributed by atoms with Crippen LogP contribution in [0.25, 0.3) is 0 Å². The minimum atomic E-state index is 0.151. The van der Waals surface area contributed by atoms with Gasteiger partial charge in [0.15, 0.2) is 0 Å². The zero-order valence-corrected chi connectivity index (χ0v) is 11.5. The molecule has 3 heteroatoms. The van der Waals surface area contributed by atoms with Gasteiger partial charge in [0.05, 0.1) is 0 Å². The van der Waals surface area contributed by atoms with Crippen LogP contribution >= 0.6 is 0 Å². The third kappa shape index (κ3) is 2.27. The Labute approximate surface area is 109 Å². The fraction of sp³-hybridized carbons (Fsp3) is 0.533. The van der Waals surface area contributed by atoms with E-state index in [1.807, 2.05) is 18.7 Å². The van der Waals surface area contributed by atoms with Crippen molar-refractivity contribution in [1.29, 1.82) is 0 Å². The highest BCUT2D eigenvalue weighted by atomic mass is 16.2. The third-order valence-corrected chi connectivity index (χ3v) is 3.80. The minimum Gasteiger partial charge on any atom is -0.334 e. The Balaban J connectivity index is 2.34. The van der Waals surface area contributed by atoms with Gasteiger partial charge in [-0.15, -0.1) is 0 Å². The molecule has 18 heavy (non-hydrogen) atoms. The number of likely N-dealkylation sites (tertiary alicyclic amines) is 1. The summed E-state index contributed by atoms with van der Waals surface area (Å²) in [6, 6.07) is 4.37. The van der Waals surface area contributed by atoms with Crippen molar-refractivity contribution in [3.8, 4) is 0 Å². The van der Waals surface area contributed by atoms with E-state index in [1.54, 1.807) is 0 Å². The van der Waals surface area contributed by atoms with Crippen LogP contribution in [0.1, 0.15) is 39.9 Å². The van der Waals surface area contributed by atoms with Crippen LogP contribution in [0.15, 0.2) is 12.1 Å². The first-order valence-electron chi connectivity index (χ1n) is 6.63. The molecule has 1 aliphatic rings. The van der Waals surface area contributed by atoms with E-state index in [-0.39, 0.29) is 11.9 Å². The van der Waals surface area contributed by atoms with Gasteiger partial charge in [-0.3, -0.25) is 4.79 Å². The van der Waals surface area contributed by atoms with Crippen molar-refractivity contribution < 1.29 is 4.79 Å². The predicted octanol–water partition coefficient (Wildman–Crippen LogP) is 2.18. The number of benzene rings is 1. The van der Waals surface area contributed by atoms with E-state index in [2.05, 4.69) is 19.1 Å². The smallest absolute Gasteiger partial charge is 0.254 e. The van der Waals surface area contributed by atoms with E-state index >= 15 is 0 Å². The summed E-state index contributed by atoms with van der Waals surface area (Å²) in [6.07, 6.45) is 2.10. The standard InChI is InChI=1S/C15H22N2O/c1-10-7-11(2)14(12(3)8-10)15(18)17-6-4-5-13(17)9-16/h7-8,13H,4-6,9,16H2,1-3H3. The lowest BCUT2D eigenvalue weighted by molar-refractivity contribution is 0.0739. The van der Waals surface area contributed by atoms with Crippen LogP contribution in [0.5, 0.6) is 0 Å². The Morgan fingerprint density at radius 2 is 1.94 bits per heavy atom. The first-order valence-corrected chi connectivity index (χ1v) is 6.63. The summed E-state index contributed by atoms with van der Waals surface area (Å²) >= 11 is 0. The summed E-state index contributed by atoms with van der Waals surface area (Å²) < 4.78 is 0. The van der Waals surface area contributed by atoms with Crippen LogP contribution < -0.4 is 5.73 Å². The van der Waals surface area contributed by atoms with Crippen molar-refractivity contribution in [3.63, 3.8) is 0 Å². The van der Waals surface area contributed by atoms with E-state index in [0.29, 0.717) is 6.54 Å². The molecule has 0 spiro atoms. The van der Waals surface area contributed by atoms with Crippen molar-refractivity contribution >= 4 is 5.91 Å². The van der Waals surface area contributed by atoms with Gasteiger partial charge < -0.3 is 10.6 Å². The van der Waals surface area contributed by atoms with Gasteiger partial charge in [0.25, 0.3) is 5.91 Å². The molecule has 1 aliphatic heterocycles. The molecule has 1 unspecified atom stereocenters. The first kappa shape index (κ1) is 13.1. The molecule has 0 saturated carbocycles. The number of carbonyl (C=O) groups excluding carboxylic acids is 1. The van der Waals surface area contributed by atoms with E-state index in [0.717, 1.165) is 36.1 Å². The number of aryl methyl sites for hydroxylation is 3. The number of nitrogens with two attached hydrogens (primary N) is 1. The average molecular weight is 246 g/mol. The number of carbonyl (C=O) groups is 1. The van der Waals surface area contributed by atoms with Crippen LogP contribution in [0.2, 0.25) is 0 Å². The van der Waals surface area contributed by atoms with Crippen LogP contribution in [-0.2, 0) is 0 Å². The molecule has 1 atom stereocenters. The molecule has 1 amide bonds. The summed E-state index contributed by atoms with van der Waals surface area (Å²) in [7, 11) is 0. The molecule has 1 saturated heterocycles. The molecule has 2 N–H and O–H groups in total. The Morgan fingerprint density at radius 1 is 1.33 bits per heavy atom.